The largest absolute Gasteiger partial charge is 0.398 e. The molecular formula is C46H38N6O6. The van der Waals surface area contributed by atoms with Gasteiger partial charge in [0.2, 0.25) is 11.8 Å². The molecule has 0 aliphatic heterocycles. The maximum Gasteiger partial charge on any atom is 0.221 e. The Hall–Kier alpha value is -7.86. The summed E-state index contributed by atoms with van der Waals surface area (Å²) in [6.07, 6.45) is 0. The second-order valence-corrected chi connectivity index (χ2v) is 14.0. The molecule has 6 aromatic rings. The number of nitrogens with two attached hydrogens (primary N) is 2. The highest BCUT2D eigenvalue weighted by Gasteiger charge is 2.35. The first kappa shape index (κ1) is 38.4. The van der Waals surface area contributed by atoms with Gasteiger partial charge in [-0.1, -0.05) is 54.6 Å². The molecule has 12 nitrogen and oxygen atoms in total. The van der Waals surface area contributed by atoms with E-state index >= 15 is 0 Å². The lowest BCUT2D eigenvalue weighted by Gasteiger charge is -2.23. The molecule has 58 heavy (non-hydrogen) atoms. The van der Waals surface area contributed by atoms with E-state index < -0.39 is 0 Å². The highest BCUT2D eigenvalue weighted by molar-refractivity contribution is 6.33. The molecule has 8 N–H and O–H groups in total. The van der Waals surface area contributed by atoms with Gasteiger partial charge in [0.05, 0.1) is 33.6 Å². The van der Waals surface area contributed by atoms with Gasteiger partial charge in [-0.05, 0) is 79.6 Å². The van der Waals surface area contributed by atoms with Crippen molar-refractivity contribution >= 4 is 80.4 Å². The number of hydrogen-bond acceptors (Lipinski definition) is 10. The van der Waals surface area contributed by atoms with E-state index in [0.717, 1.165) is 0 Å². The summed E-state index contributed by atoms with van der Waals surface area (Å²) < 4.78 is 0. The van der Waals surface area contributed by atoms with Gasteiger partial charge in [0.1, 0.15) is 0 Å². The normalized spacial score (nSPS) is 12.2. The maximum atomic E-state index is 13.2. The van der Waals surface area contributed by atoms with Gasteiger partial charge in [0.15, 0.2) is 23.1 Å². The topological polar surface area (TPSA) is 203 Å². The Balaban J connectivity index is 0.000000177. The van der Waals surface area contributed by atoms with E-state index in [9.17, 15) is 28.8 Å². The summed E-state index contributed by atoms with van der Waals surface area (Å²) in [5.41, 5.74) is 20.6. The molecule has 12 heteroatoms. The molecule has 0 spiro atoms. The highest BCUT2D eigenvalue weighted by atomic mass is 16.2. The molecule has 0 saturated carbocycles. The first-order valence-electron chi connectivity index (χ1n) is 18.3. The number of fused-ring (bicyclic) bond motifs is 4. The molecule has 0 radical (unpaired) electrons. The molecule has 0 aromatic heterocycles. The van der Waals surface area contributed by atoms with Crippen LogP contribution in [0.3, 0.4) is 0 Å². The number of anilines is 8. The van der Waals surface area contributed by atoms with Crippen molar-refractivity contribution in [2.24, 2.45) is 0 Å². The average Bonchev–Trinajstić information content (AvgIpc) is 3.19. The lowest BCUT2D eigenvalue weighted by molar-refractivity contribution is -0.115. The first-order chi connectivity index (χ1) is 27.7. The summed E-state index contributed by atoms with van der Waals surface area (Å²) in [7, 11) is 0. The predicted octanol–water partition coefficient (Wildman–Crippen LogP) is 8.11. The van der Waals surface area contributed by atoms with Crippen molar-refractivity contribution in [2.75, 3.05) is 32.7 Å². The van der Waals surface area contributed by atoms with Crippen molar-refractivity contribution < 1.29 is 28.8 Å². The molecule has 0 heterocycles. The molecule has 0 saturated heterocycles. The Morgan fingerprint density at radius 2 is 0.793 bits per heavy atom. The fraction of sp³-hybridized carbons (Fsp3) is 0.0870. The molecule has 2 aliphatic rings. The number of aryl methyl sites for hydroxylation is 2. The van der Waals surface area contributed by atoms with Crippen molar-refractivity contribution in [3.63, 3.8) is 0 Å². The van der Waals surface area contributed by atoms with Crippen LogP contribution < -0.4 is 32.7 Å². The van der Waals surface area contributed by atoms with Crippen LogP contribution >= 0.6 is 0 Å². The second kappa shape index (κ2) is 15.3. The van der Waals surface area contributed by atoms with Crippen molar-refractivity contribution in [3.05, 3.63) is 165 Å². The summed E-state index contributed by atoms with van der Waals surface area (Å²) in [5.74, 6) is -1.33. The molecule has 6 aromatic carbocycles. The molecular weight excluding hydrogens is 733 g/mol. The van der Waals surface area contributed by atoms with Crippen LogP contribution in [0, 0.1) is 13.8 Å². The first-order valence-corrected chi connectivity index (χ1v) is 18.3. The van der Waals surface area contributed by atoms with Crippen LogP contribution in [0.4, 0.5) is 45.5 Å². The summed E-state index contributed by atoms with van der Waals surface area (Å²) in [6, 6.07) is 31.2. The van der Waals surface area contributed by atoms with Gasteiger partial charge < -0.3 is 32.7 Å². The number of amides is 2. The second-order valence-electron chi connectivity index (χ2n) is 14.0. The van der Waals surface area contributed by atoms with Crippen molar-refractivity contribution in [2.45, 2.75) is 27.7 Å². The lowest BCUT2D eigenvalue weighted by Crippen LogP contribution is -2.24. The molecule has 0 bridgehead atoms. The van der Waals surface area contributed by atoms with Crippen LogP contribution in [0.1, 0.15) is 88.7 Å². The third-order valence-electron chi connectivity index (χ3n) is 9.84. The van der Waals surface area contributed by atoms with Crippen LogP contribution in [0.25, 0.3) is 0 Å². The number of nitrogens with one attached hydrogen (secondary N) is 4. The monoisotopic (exact) mass is 770 g/mol. The average molecular weight is 771 g/mol. The van der Waals surface area contributed by atoms with E-state index in [1.807, 2.05) is 6.07 Å². The van der Waals surface area contributed by atoms with Gasteiger partial charge in [0, 0.05) is 70.2 Å². The number of rotatable bonds is 6. The fourth-order valence-corrected chi connectivity index (χ4v) is 7.13. The number of benzene rings is 6. The van der Waals surface area contributed by atoms with E-state index in [-0.39, 0.29) is 57.2 Å². The Kier molecular flexibility index (Phi) is 10.2. The van der Waals surface area contributed by atoms with E-state index in [0.29, 0.717) is 78.9 Å². The number of hydrogen-bond donors (Lipinski definition) is 6. The van der Waals surface area contributed by atoms with Crippen LogP contribution in [0.5, 0.6) is 0 Å². The van der Waals surface area contributed by atoms with Crippen LogP contribution in [0.2, 0.25) is 0 Å². The Morgan fingerprint density at radius 1 is 0.431 bits per heavy atom. The van der Waals surface area contributed by atoms with Crippen molar-refractivity contribution in [3.8, 4) is 0 Å². The van der Waals surface area contributed by atoms with Gasteiger partial charge in [-0.3, -0.25) is 28.8 Å². The summed E-state index contributed by atoms with van der Waals surface area (Å²) >= 11 is 0. The smallest absolute Gasteiger partial charge is 0.221 e. The predicted molar refractivity (Wildman–Crippen MR) is 226 cm³/mol. The quantitative estimate of drug-likeness (QED) is 0.0897. The third kappa shape index (κ3) is 7.17. The minimum Gasteiger partial charge on any atom is -0.398 e. The van der Waals surface area contributed by atoms with Crippen molar-refractivity contribution in [1.29, 1.82) is 0 Å². The molecule has 0 unspecified atom stereocenters. The Bertz CT molecular complexity index is 2760. The minimum atomic E-state index is -0.258. The Morgan fingerprint density at radius 3 is 1.22 bits per heavy atom. The van der Waals surface area contributed by atoms with Gasteiger partial charge in [-0.15, -0.1) is 0 Å². The molecule has 8 rings (SSSR count). The summed E-state index contributed by atoms with van der Waals surface area (Å²) in [5, 5.41) is 11.9. The van der Waals surface area contributed by atoms with Gasteiger partial charge >= 0.3 is 0 Å². The Labute approximate surface area is 333 Å². The molecule has 0 fully saturated rings. The van der Waals surface area contributed by atoms with E-state index in [2.05, 4.69) is 21.3 Å². The van der Waals surface area contributed by atoms with Crippen molar-refractivity contribution in [1.82, 2.24) is 0 Å². The van der Waals surface area contributed by atoms with Crippen LogP contribution in [-0.2, 0) is 9.59 Å². The molecule has 2 amide bonds. The van der Waals surface area contributed by atoms with E-state index in [1.165, 1.54) is 13.8 Å². The van der Waals surface area contributed by atoms with Crippen LogP contribution in [0.15, 0.2) is 109 Å². The number of carbonyl (C=O) groups excluding carboxylic acids is 6. The number of ketones is 4. The number of nitrogen functional groups attached to an aromatic ring is 2. The summed E-state index contributed by atoms with van der Waals surface area (Å²) in [4.78, 5) is 75.1. The molecule has 288 valence electrons. The van der Waals surface area contributed by atoms with E-state index in [4.69, 9.17) is 11.5 Å². The molecule has 0 atom stereocenters. The fourth-order valence-electron chi connectivity index (χ4n) is 7.13. The number of carbonyl (C=O) groups is 6. The van der Waals surface area contributed by atoms with Crippen LogP contribution in [-0.4, -0.2) is 34.9 Å². The highest BCUT2D eigenvalue weighted by Crippen LogP contribution is 2.40. The zero-order chi connectivity index (χ0) is 41.4. The third-order valence-corrected chi connectivity index (χ3v) is 9.84. The lowest BCUT2D eigenvalue weighted by atomic mass is 9.81. The van der Waals surface area contributed by atoms with Gasteiger partial charge in [0.25, 0.3) is 0 Å². The van der Waals surface area contributed by atoms with E-state index in [1.54, 1.807) is 117 Å². The van der Waals surface area contributed by atoms with Gasteiger partial charge in [-0.2, -0.15) is 0 Å². The maximum absolute atomic E-state index is 13.2. The zero-order valence-electron chi connectivity index (χ0n) is 32.0. The summed E-state index contributed by atoms with van der Waals surface area (Å²) in [6.45, 7) is 6.48. The molecule has 2 aliphatic carbocycles. The minimum absolute atomic E-state index is 0.156. The standard InChI is InChI=1S/2C23H19N3O3/c1-12-10-18(26-15-7-5-6-14(11-15)25-13(2)27)19-20(21(12)24)23(29)17-9-4-3-8-16(17)22(19)28;1-12-11-18(26-15-9-7-14(8-10-15)25-13(2)27)19-20(21(12)24)23(29)17-6-4-3-5-16(17)22(19)28/h2*3-11,26H,24H2,1-2H3,(H,25,27). The van der Waals surface area contributed by atoms with Gasteiger partial charge in [-0.25, -0.2) is 0 Å². The zero-order valence-corrected chi connectivity index (χ0v) is 32.0. The SMILES string of the molecule is CC(=O)Nc1ccc(Nc2cc(C)c(N)c3c2C(=O)c2ccccc2C3=O)cc1.CC(=O)Nc1cccc(Nc2cc(C)c(N)c3c2C(=O)c2ccccc2C3=O)c1.